The number of aromatic nitrogens is 3. The molecule has 0 bridgehead atoms. The van der Waals surface area contributed by atoms with Gasteiger partial charge in [0.25, 0.3) is 0 Å². The molecule has 2 rings (SSSR count). The molecule has 0 radical (unpaired) electrons. The van der Waals surface area contributed by atoms with Crippen molar-refractivity contribution in [2.24, 2.45) is 0 Å². The second kappa shape index (κ2) is 4.79. The maximum atomic E-state index is 5.90. The van der Waals surface area contributed by atoms with E-state index in [0.29, 0.717) is 5.69 Å². The zero-order chi connectivity index (χ0) is 11.4. The van der Waals surface area contributed by atoms with Gasteiger partial charge in [0.1, 0.15) is 5.82 Å². The van der Waals surface area contributed by atoms with Gasteiger partial charge in [-0.1, -0.05) is 13.3 Å². The molecule has 0 saturated carbocycles. The van der Waals surface area contributed by atoms with Gasteiger partial charge in [-0.15, -0.1) is 0 Å². The third-order valence-corrected chi connectivity index (χ3v) is 2.56. The molecule has 0 fully saturated rings. The van der Waals surface area contributed by atoms with Crippen LogP contribution in [0.2, 0.25) is 0 Å². The number of hydrogen-bond donors (Lipinski definition) is 1. The van der Waals surface area contributed by atoms with Crippen molar-refractivity contribution in [3.63, 3.8) is 0 Å². The number of nitrogens with two attached hydrogens (primary N) is 1. The zero-order valence-corrected chi connectivity index (χ0v) is 9.43. The van der Waals surface area contributed by atoms with Crippen molar-refractivity contribution in [1.82, 2.24) is 14.5 Å². The van der Waals surface area contributed by atoms with Crippen molar-refractivity contribution in [1.29, 1.82) is 0 Å². The average Bonchev–Trinajstić information content (AvgIpc) is 2.75. The molecule has 0 aliphatic heterocycles. The van der Waals surface area contributed by atoms with Crippen LogP contribution in [0.1, 0.15) is 25.6 Å². The lowest BCUT2D eigenvalue weighted by molar-refractivity contribution is 0.739. The first-order valence-electron chi connectivity index (χ1n) is 5.55. The normalized spacial score (nSPS) is 10.6. The number of rotatable bonds is 4. The van der Waals surface area contributed by atoms with E-state index in [4.69, 9.17) is 5.73 Å². The summed E-state index contributed by atoms with van der Waals surface area (Å²) >= 11 is 0. The molecule has 4 heteroatoms. The summed E-state index contributed by atoms with van der Waals surface area (Å²) in [6.07, 6.45) is 10.4. The van der Waals surface area contributed by atoms with Gasteiger partial charge in [0.2, 0.25) is 0 Å². The Morgan fingerprint density at radius 3 is 3.00 bits per heavy atom. The van der Waals surface area contributed by atoms with Crippen molar-refractivity contribution in [2.75, 3.05) is 5.73 Å². The van der Waals surface area contributed by atoms with Gasteiger partial charge in [0.15, 0.2) is 0 Å². The Bertz CT molecular complexity index is 462. The highest BCUT2D eigenvalue weighted by Crippen LogP contribution is 2.17. The van der Waals surface area contributed by atoms with Crippen LogP contribution >= 0.6 is 0 Å². The summed E-state index contributed by atoms with van der Waals surface area (Å²) in [5, 5.41) is 0. The molecule has 4 nitrogen and oxygen atoms in total. The maximum Gasteiger partial charge on any atom is 0.113 e. The fourth-order valence-electron chi connectivity index (χ4n) is 1.69. The van der Waals surface area contributed by atoms with Crippen molar-refractivity contribution in [2.45, 2.75) is 26.2 Å². The van der Waals surface area contributed by atoms with E-state index < -0.39 is 0 Å². The number of pyridine rings is 1. The molecular formula is C12H16N4. The Balaban J connectivity index is 2.33. The topological polar surface area (TPSA) is 56.7 Å². The fourth-order valence-corrected chi connectivity index (χ4v) is 1.69. The summed E-state index contributed by atoms with van der Waals surface area (Å²) in [7, 11) is 0. The van der Waals surface area contributed by atoms with Gasteiger partial charge in [-0.3, -0.25) is 4.98 Å². The molecule has 0 atom stereocenters. The molecule has 0 saturated heterocycles. The van der Waals surface area contributed by atoms with E-state index in [2.05, 4.69) is 16.9 Å². The van der Waals surface area contributed by atoms with E-state index in [1.54, 1.807) is 12.4 Å². The van der Waals surface area contributed by atoms with E-state index in [1.807, 2.05) is 23.0 Å². The predicted octanol–water partition coefficient (Wildman–Crippen LogP) is 2.19. The molecule has 0 aromatic carbocycles. The third-order valence-electron chi connectivity index (χ3n) is 2.56. The van der Waals surface area contributed by atoms with Crippen molar-refractivity contribution in [3.8, 4) is 5.69 Å². The highest BCUT2D eigenvalue weighted by Gasteiger charge is 2.06. The van der Waals surface area contributed by atoms with Crippen LogP contribution in [-0.2, 0) is 6.42 Å². The van der Waals surface area contributed by atoms with Crippen molar-refractivity contribution in [3.05, 3.63) is 36.7 Å². The van der Waals surface area contributed by atoms with E-state index in [0.717, 1.165) is 24.4 Å². The molecule has 2 aromatic heterocycles. The van der Waals surface area contributed by atoms with Crippen LogP contribution in [-0.4, -0.2) is 14.5 Å². The largest absolute Gasteiger partial charge is 0.396 e. The molecular weight excluding hydrogens is 200 g/mol. The number of imidazole rings is 1. The van der Waals surface area contributed by atoms with E-state index >= 15 is 0 Å². The number of nitrogen functional groups attached to an aromatic ring is 1. The van der Waals surface area contributed by atoms with Crippen LogP contribution < -0.4 is 5.73 Å². The minimum Gasteiger partial charge on any atom is -0.396 e. The van der Waals surface area contributed by atoms with Crippen molar-refractivity contribution < 1.29 is 0 Å². The minimum atomic E-state index is 0.679. The highest BCUT2D eigenvalue weighted by atomic mass is 15.1. The van der Waals surface area contributed by atoms with Crippen LogP contribution in [0, 0.1) is 0 Å². The lowest BCUT2D eigenvalue weighted by Gasteiger charge is -2.09. The molecule has 2 heterocycles. The van der Waals surface area contributed by atoms with Crippen LogP contribution in [0.25, 0.3) is 5.69 Å². The van der Waals surface area contributed by atoms with Crippen LogP contribution in [0.15, 0.2) is 30.9 Å². The monoisotopic (exact) mass is 216 g/mol. The molecule has 0 spiro atoms. The van der Waals surface area contributed by atoms with Crippen LogP contribution in [0.5, 0.6) is 0 Å². The Kier molecular flexibility index (Phi) is 3.19. The first kappa shape index (κ1) is 10.7. The summed E-state index contributed by atoms with van der Waals surface area (Å²) in [5.41, 5.74) is 7.53. The van der Waals surface area contributed by atoms with E-state index in [9.17, 15) is 0 Å². The zero-order valence-electron chi connectivity index (χ0n) is 9.43. The molecule has 0 aliphatic rings. The summed E-state index contributed by atoms with van der Waals surface area (Å²) in [5.74, 6) is 1.06. The molecule has 0 unspecified atom stereocenters. The lowest BCUT2D eigenvalue weighted by Crippen LogP contribution is -2.04. The molecule has 0 aliphatic carbocycles. The van der Waals surface area contributed by atoms with Gasteiger partial charge in [-0.2, -0.15) is 0 Å². The quantitative estimate of drug-likeness (QED) is 0.852. The van der Waals surface area contributed by atoms with E-state index in [-0.39, 0.29) is 0 Å². The third kappa shape index (κ3) is 2.05. The maximum absolute atomic E-state index is 5.90. The Labute approximate surface area is 95.1 Å². The van der Waals surface area contributed by atoms with Gasteiger partial charge in [0, 0.05) is 25.0 Å². The van der Waals surface area contributed by atoms with Gasteiger partial charge in [0.05, 0.1) is 17.6 Å². The Morgan fingerprint density at radius 2 is 2.25 bits per heavy atom. The first-order chi connectivity index (χ1) is 7.83. The summed E-state index contributed by atoms with van der Waals surface area (Å²) in [4.78, 5) is 8.35. The summed E-state index contributed by atoms with van der Waals surface area (Å²) in [6.45, 7) is 2.17. The first-order valence-corrected chi connectivity index (χ1v) is 5.55. The average molecular weight is 216 g/mol. The van der Waals surface area contributed by atoms with Crippen molar-refractivity contribution >= 4 is 5.69 Å². The van der Waals surface area contributed by atoms with Gasteiger partial charge >= 0.3 is 0 Å². The number of anilines is 1. The second-order valence-electron chi connectivity index (χ2n) is 3.75. The SMILES string of the molecule is CCCCc1nccn1-c1ccncc1N. The fraction of sp³-hybridized carbons (Fsp3) is 0.333. The van der Waals surface area contributed by atoms with Gasteiger partial charge < -0.3 is 10.3 Å². The van der Waals surface area contributed by atoms with E-state index in [1.165, 1.54) is 6.42 Å². The summed E-state index contributed by atoms with van der Waals surface area (Å²) < 4.78 is 2.03. The van der Waals surface area contributed by atoms with Gasteiger partial charge in [-0.05, 0) is 12.5 Å². The molecule has 84 valence electrons. The van der Waals surface area contributed by atoms with Crippen LogP contribution in [0.4, 0.5) is 5.69 Å². The molecule has 2 aromatic rings. The minimum absolute atomic E-state index is 0.679. The second-order valence-corrected chi connectivity index (χ2v) is 3.75. The number of nitrogens with zero attached hydrogens (tertiary/aromatic N) is 3. The molecule has 2 N–H and O–H groups in total. The Hall–Kier alpha value is -1.84. The molecule has 16 heavy (non-hydrogen) atoms. The summed E-state index contributed by atoms with van der Waals surface area (Å²) in [6, 6.07) is 1.91. The standard InChI is InChI=1S/C12H16N4/c1-2-3-4-12-15-7-8-16(12)11-5-6-14-9-10(11)13/h5-9H,2-4,13H2,1H3. The lowest BCUT2D eigenvalue weighted by atomic mass is 10.2. The number of aryl methyl sites for hydroxylation is 1. The molecule has 0 amide bonds. The predicted molar refractivity (Wildman–Crippen MR) is 64.4 cm³/mol. The highest BCUT2D eigenvalue weighted by molar-refractivity contribution is 5.56. The smallest absolute Gasteiger partial charge is 0.113 e. The number of hydrogen-bond acceptors (Lipinski definition) is 3. The Morgan fingerprint density at radius 1 is 1.38 bits per heavy atom. The van der Waals surface area contributed by atoms with Crippen LogP contribution in [0.3, 0.4) is 0 Å². The number of unbranched alkanes of at least 4 members (excludes halogenated alkanes) is 1. The van der Waals surface area contributed by atoms with Gasteiger partial charge in [-0.25, -0.2) is 4.98 Å².